The zero-order chi connectivity index (χ0) is 11.3. The molecule has 1 saturated heterocycles. The summed E-state index contributed by atoms with van der Waals surface area (Å²) in [5.74, 6) is 1.41. The fourth-order valence-corrected chi connectivity index (χ4v) is 2.60. The smallest absolute Gasteiger partial charge is 0.0261 e. The van der Waals surface area contributed by atoms with Crippen molar-refractivity contribution in [1.29, 1.82) is 0 Å². The third-order valence-corrected chi connectivity index (χ3v) is 3.94. The lowest BCUT2D eigenvalue weighted by atomic mass is 10.2. The summed E-state index contributed by atoms with van der Waals surface area (Å²) in [6, 6.07) is 0.780. The van der Waals surface area contributed by atoms with E-state index < -0.39 is 0 Å². The van der Waals surface area contributed by atoms with Crippen LogP contribution in [-0.4, -0.2) is 54.4 Å². The molecule has 0 amide bonds. The van der Waals surface area contributed by atoms with Crippen molar-refractivity contribution in [3.8, 4) is 0 Å². The van der Waals surface area contributed by atoms with Gasteiger partial charge in [0.15, 0.2) is 0 Å². The molecular formula is C12H25ClN2. The van der Waals surface area contributed by atoms with Crippen LogP contribution in [-0.2, 0) is 0 Å². The summed E-state index contributed by atoms with van der Waals surface area (Å²) in [5, 5.41) is 0. The third-order valence-electron chi connectivity index (χ3n) is 3.41. The van der Waals surface area contributed by atoms with E-state index in [0.717, 1.165) is 11.9 Å². The molecule has 0 aromatic heterocycles. The highest BCUT2D eigenvalue weighted by Gasteiger charge is 2.26. The molecule has 15 heavy (non-hydrogen) atoms. The SMILES string of the molecule is CCN(CC)C1CCN(CC(C)CCl)C1. The lowest BCUT2D eigenvalue weighted by Gasteiger charge is -2.26. The van der Waals surface area contributed by atoms with Gasteiger partial charge in [0.05, 0.1) is 0 Å². The molecule has 0 aliphatic carbocycles. The Balaban J connectivity index is 2.31. The van der Waals surface area contributed by atoms with Crippen molar-refractivity contribution in [3.63, 3.8) is 0 Å². The van der Waals surface area contributed by atoms with Crippen LogP contribution in [0, 0.1) is 5.92 Å². The standard InChI is InChI=1S/C12H25ClN2/c1-4-15(5-2)12-6-7-14(10-12)9-11(3)8-13/h11-12H,4-10H2,1-3H3. The van der Waals surface area contributed by atoms with E-state index in [9.17, 15) is 0 Å². The number of alkyl halides is 1. The summed E-state index contributed by atoms with van der Waals surface area (Å²) >= 11 is 5.85. The van der Waals surface area contributed by atoms with Crippen molar-refractivity contribution < 1.29 is 0 Å². The maximum absolute atomic E-state index is 5.85. The normalized spacial score (nSPS) is 25.0. The van der Waals surface area contributed by atoms with Crippen molar-refractivity contribution >= 4 is 11.6 Å². The van der Waals surface area contributed by atoms with Crippen LogP contribution in [0.4, 0.5) is 0 Å². The second-order valence-electron chi connectivity index (χ2n) is 4.68. The van der Waals surface area contributed by atoms with Gasteiger partial charge in [0.1, 0.15) is 0 Å². The average molecular weight is 233 g/mol. The topological polar surface area (TPSA) is 6.48 Å². The largest absolute Gasteiger partial charge is 0.301 e. The Morgan fingerprint density at radius 2 is 2.07 bits per heavy atom. The second-order valence-corrected chi connectivity index (χ2v) is 4.99. The number of rotatable bonds is 6. The average Bonchev–Trinajstić information content (AvgIpc) is 2.68. The van der Waals surface area contributed by atoms with E-state index >= 15 is 0 Å². The molecule has 0 aromatic carbocycles. The molecule has 1 fully saturated rings. The van der Waals surface area contributed by atoms with Gasteiger partial charge in [-0.15, -0.1) is 11.6 Å². The van der Waals surface area contributed by atoms with Gasteiger partial charge in [-0.1, -0.05) is 20.8 Å². The predicted octanol–water partition coefficient (Wildman–Crippen LogP) is 2.28. The summed E-state index contributed by atoms with van der Waals surface area (Å²) in [4.78, 5) is 5.14. The quantitative estimate of drug-likeness (QED) is 0.649. The van der Waals surface area contributed by atoms with E-state index in [0.29, 0.717) is 5.92 Å². The predicted molar refractivity (Wildman–Crippen MR) is 67.7 cm³/mol. The van der Waals surface area contributed by atoms with E-state index in [2.05, 4.69) is 30.6 Å². The third kappa shape index (κ3) is 3.93. The molecule has 2 unspecified atom stereocenters. The van der Waals surface area contributed by atoms with Crippen molar-refractivity contribution in [3.05, 3.63) is 0 Å². The van der Waals surface area contributed by atoms with Crippen LogP contribution in [0.3, 0.4) is 0 Å². The van der Waals surface area contributed by atoms with Gasteiger partial charge in [-0.25, -0.2) is 0 Å². The lowest BCUT2D eigenvalue weighted by molar-refractivity contribution is 0.205. The first-order valence-electron chi connectivity index (χ1n) is 6.23. The van der Waals surface area contributed by atoms with Gasteiger partial charge in [0.25, 0.3) is 0 Å². The number of hydrogen-bond acceptors (Lipinski definition) is 2. The van der Waals surface area contributed by atoms with Crippen LogP contribution < -0.4 is 0 Å². The number of hydrogen-bond donors (Lipinski definition) is 0. The Kier molecular flexibility index (Phi) is 5.95. The minimum Gasteiger partial charge on any atom is -0.301 e. The van der Waals surface area contributed by atoms with E-state index in [1.54, 1.807) is 0 Å². The van der Waals surface area contributed by atoms with Crippen molar-refractivity contribution in [2.75, 3.05) is 38.6 Å². The first-order chi connectivity index (χ1) is 7.21. The zero-order valence-electron chi connectivity index (χ0n) is 10.4. The molecule has 0 saturated carbocycles. The van der Waals surface area contributed by atoms with Crippen LogP contribution in [0.25, 0.3) is 0 Å². The molecule has 2 atom stereocenters. The maximum Gasteiger partial charge on any atom is 0.0261 e. The number of likely N-dealkylation sites (tertiary alicyclic amines) is 1. The van der Waals surface area contributed by atoms with E-state index in [1.807, 2.05) is 0 Å². The minimum atomic E-state index is 0.627. The zero-order valence-corrected chi connectivity index (χ0v) is 11.1. The van der Waals surface area contributed by atoms with E-state index in [1.165, 1.54) is 39.1 Å². The van der Waals surface area contributed by atoms with E-state index in [4.69, 9.17) is 11.6 Å². The highest BCUT2D eigenvalue weighted by Crippen LogP contribution is 2.16. The lowest BCUT2D eigenvalue weighted by Crippen LogP contribution is -2.38. The molecule has 0 spiro atoms. The summed E-state index contributed by atoms with van der Waals surface area (Å²) in [6.07, 6.45) is 1.33. The van der Waals surface area contributed by atoms with Crippen molar-refractivity contribution in [2.45, 2.75) is 33.2 Å². The molecule has 2 nitrogen and oxygen atoms in total. The van der Waals surface area contributed by atoms with Gasteiger partial charge in [-0.05, 0) is 32.0 Å². The summed E-state index contributed by atoms with van der Waals surface area (Å²) in [7, 11) is 0. The molecule has 0 N–H and O–H groups in total. The van der Waals surface area contributed by atoms with Crippen LogP contribution in [0.1, 0.15) is 27.2 Å². The van der Waals surface area contributed by atoms with Crippen molar-refractivity contribution in [2.24, 2.45) is 5.92 Å². The molecule has 0 radical (unpaired) electrons. The van der Waals surface area contributed by atoms with Crippen LogP contribution >= 0.6 is 11.6 Å². The maximum atomic E-state index is 5.85. The molecule has 3 heteroatoms. The molecule has 1 aliphatic heterocycles. The molecule has 0 aromatic rings. The summed E-state index contributed by atoms with van der Waals surface area (Å²) in [5.41, 5.74) is 0. The fourth-order valence-electron chi connectivity index (χ4n) is 2.51. The number of halogens is 1. The Labute approximate surface area is 99.6 Å². The first kappa shape index (κ1) is 13.3. The molecule has 90 valence electrons. The molecule has 1 rings (SSSR count). The molecular weight excluding hydrogens is 208 g/mol. The molecule has 1 aliphatic rings. The van der Waals surface area contributed by atoms with Crippen LogP contribution in [0.15, 0.2) is 0 Å². The van der Waals surface area contributed by atoms with Gasteiger partial charge in [-0.2, -0.15) is 0 Å². The van der Waals surface area contributed by atoms with Gasteiger partial charge in [-0.3, -0.25) is 4.90 Å². The van der Waals surface area contributed by atoms with Gasteiger partial charge < -0.3 is 4.90 Å². The van der Waals surface area contributed by atoms with E-state index in [-0.39, 0.29) is 0 Å². The number of likely N-dealkylation sites (N-methyl/N-ethyl adjacent to an activating group) is 1. The fraction of sp³-hybridized carbons (Fsp3) is 1.00. The number of nitrogens with zero attached hydrogens (tertiary/aromatic N) is 2. The molecule has 1 heterocycles. The highest BCUT2D eigenvalue weighted by atomic mass is 35.5. The van der Waals surface area contributed by atoms with Gasteiger partial charge >= 0.3 is 0 Å². The monoisotopic (exact) mass is 232 g/mol. The summed E-state index contributed by atoms with van der Waals surface area (Å²) in [6.45, 7) is 12.8. The Hall–Kier alpha value is 0.210. The first-order valence-corrected chi connectivity index (χ1v) is 6.77. The highest BCUT2D eigenvalue weighted by molar-refractivity contribution is 6.18. The molecule has 0 bridgehead atoms. The Morgan fingerprint density at radius 1 is 1.40 bits per heavy atom. The van der Waals surface area contributed by atoms with Crippen LogP contribution in [0.2, 0.25) is 0 Å². The summed E-state index contributed by atoms with van der Waals surface area (Å²) < 4.78 is 0. The van der Waals surface area contributed by atoms with Crippen molar-refractivity contribution in [1.82, 2.24) is 9.80 Å². The van der Waals surface area contributed by atoms with Gasteiger partial charge in [0.2, 0.25) is 0 Å². The Bertz CT molecular complexity index is 171. The Morgan fingerprint density at radius 3 is 2.60 bits per heavy atom. The van der Waals surface area contributed by atoms with Crippen LogP contribution in [0.5, 0.6) is 0 Å². The minimum absolute atomic E-state index is 0.627. The van der Waals surface area contributed by atoms with Gasteiger partial charge in [0, 0.05) is 25.0 Å². The second kappa shape index (κ2) is 6.72.